The number of carbonyl (C=O) groups excluding carboxylic acids is 1. The molecule has 2 heterocycles. The second-order valence-electron chi connectivity index (χ2n) is 13.0. The van der Waals surface area contributed by atoms with Gasteiger partial charge in [-0.15, -0.1) is 0 Å². The van der Waals surface area contributed by atoms with Crippen LogP contribution in [-0.4, -0.2) is 54.5 Å². The maximum Gasteiger partial charge on any atom is 0.416 e. The summed E-state index contributed by atoms with van der Waals surface area (Å²) in [6.07, 6.45) is -1.25. The molecule has 11 nitrogen and oxygen atoms in total. The third-order valence-electron chi connectivity index (χ3n) is 7.68. The molecule has 0 atom stereocenters. The highest BCUT2D eigenvalue weighted by molar-refractivity contribution is 5.75. The van der Waals surface area contributed by atoms with Crippen LogP contribution in [0.25, 0.3) is 16.8 Å². The third-order valence-corrected chi connectivity index (χ3v) is 7.68. The molecule has 0 saturated carbocycles. The molecule has 0 unspecified atom stereocenters. The lowest BCUT2D eigenvalue weighted by Crippen LogP contribution is -2.25. The Morgan fingerprint density at radius 3 is 2.17 bits per heavy atom. The molecular formula is C39H42F3N5O6. The summed E-state index contributed by atoms with van der Waals surface area (Å²) >= 11 is 0. The number of pyridine rings is 1. The largest absolute Gasteiger partial charge is 0.494 e. The van der Waals surface area contributed by atoms with Crippen LogP contribution in [0.15, 0.2) is 61.4 Å². The fraction of sp³-hybridized carbons (Fsp3) is 0.359. The Labute approximate surface area is 307 Å². The standard InChI is InChI=1S/C39H42F3N5O6/c1-24(2)31-11-12-32(49-6)36(46-31)30-18-34(51-8)33(50-7)17-27(30)23-47(22-26-14-25(19-43)15-28(16-26)39(40,41)42)37-44-20-29(21-45-37)52-13-9-10-35(48)53-38(3,4)5/h11-12,14-18,20-21H,1,9-10,13,22-23H2,2-8H3. The molecule has 2 aromatic heterocycles. The summed E-state index contributed by atoms with van der Waals surface area (Å²) in [6.45, 7) is 11.3. The number of allylic oxidation sites excluding steroid dienone is 1. The van der Waals surface area contributed by atoms with Crippen LogP contribution in [0.3, 0.4) is 0 Å². The zero-order valence-electron chi connectivity index (χ0n) is 30.8. The van der Waals surface area contributed by atoms with Crippen molar-refractivity contribution >= 4 is 17.5 Å². The van der Waals surface area contributed by atoms with Crippen molar-refractivity contribution < 1.29 is 41.7 Å². The molecule has 0 radical (unpaired) electrons. The molecule has 0 aliphatic carbocycles. The minimum Gasteiger partial charge on any atom is -0.494 e. The van der Waals surface area contributed by atoms with Crippen LogP contribution < -0.4 is 23.8 Å². The predicted octanol–water partition coefficient (Wildman–Crippen LogP) is 8.20. The quantitative estimate of drug-likeness (QED) is 0.0866. The Bertz CT molecular complexity index is 1970. The van der Waals surface area contributed by atoms with Gasteiger partial charge in [0.25, 0.3) is 0 Å². The van der Waals surface area contributed by atoms with Crippen LogP contribution in [-0.2, 0) is 28.8 Å². The summed E-state index contributed by atoms with van der Waals surface area (Å²) in [4.78, 5) is 27.5. The van der Waals surface area contributed by atoms with E-state index in [2.05, 4.69) is 16.5 Å². The van der Waals surface area contributed by atoms with Crippen molar-refractivity contribution in [2.75, 3.05) is 32.8 Å². The first kappa shape index (κ1) is 39.9. The lowest BCUT2D eigenvalue weighted by atomic mass is 10.00. The highest BCUT2D eigenvalue weighted by atomic mass is 19.4. The van der Waals surface area contributed by atoms with E-state index in [9.17, 15) is 23.2 Å². The number of aromatic nitrogens is 3. The molecule has 2 aromatic carbocycles. The lowest BCUT2D eigenvalue weighted by Gasteiger charge is -2.26. The fourth-order valence-corrected chi connectivity index (χ4v) is 5.30. The van der Waals surface area contributed by atoms with Gasteiger partial charge in [-0.1, -0.05) is 6.58 Å². The van der Waals surface area contributed by atoms with Gasteiger partial charge < -0.3 is 28.6 Å². The highest BCUT2D eigenvalue weighted by Gasteiger charge is 2.32. The Kier molecular flexibility index (Phi) is 12.9. The molecule has 0 amide bonds. The van der Waals surface area contributed by atoms with E-state index in [1.54, 1.807) is 49.9 Å². The Morgan fingerprint density at radius 2 is 1.58 bits per heavy atom. The number of rotatable bonds is 15. The molecule has 0 bridgehead atoms. The average molecular weight is 734 g/mol. The van der Waals surface area contributed by atoms with Crippen molar-refractivity contribution in [1.29, 1.82) is 5.26 Å². The van der Waals surface area contributed by atoms with E-state index < -0.39 is 17.3 Å². The van der Waals surface area contributed by atoms with E-state index >= 15 is 0 Å². The molecule has 280 valence electrons. The molecule has 0 N–H and O–H groups in total. The van der Waals surface area contributed by atoms with Gasteiger partial charge in [0.05, 0.1) is 63.2 Å². The van der Waals surface area contributed by atoms with E-state index in [4.69, 9.17) is 28.7 Å². The summed E-state index contributed by atoms with van der Waals surface area (Å²) in [6, 6.07) is 12.0. The topological polar surface area (TPSA) is 129 Å². The molecule has 4 aromatic rings. The monoisotopic (exact) mass is 733 g/mol. The number of esters is 1. The lowest BCUT2D eigenvalue weighted by molar-refractivity contribution is -0.155. The van der Waals surface area contributed by atoms with E-state index in [0.29, 0.717) is 51.9 Å². The second kappa shape index (κ2) is 17.1. The normalized spacial score (nSPS) is 11.3. The van der Waals surface area contributed by atoms with Crippen LogP contribution in [0, 0.1) is 11.3 Å². The van der Waals surface area contributed by atoms with E-state index in [0.717, 1.165) is 17.7 Å². The number of hydrogen-bond acceptors (Lipinski definition) is 11. The summed E-state index contributed by atoms with van der Waals surface area (Å²) in [5, 5.41) is 9.57. The number of benzene rings is 2. The SMILES string of the molecule is C=C(C)c1ccc(OC)c(-c2cc(OC)c(OC)cc2CN(Cc2cc(C#N)cc(C(F)(F)F)c2)c2ncc(OCCCC(=O)OC(C)(C)C)cn2)n1. The number of anilines is 1. The summed E-state index contributed by atoms with van der Waals surface area (Å²) < 4.78 is 69.7. The van der Waals surface area contributed by atoms with Gasteiger partial charge in [0, 0.05) is 25.1 Å². The molecule has 14 heteroatoms. The van der Waals surface area contributed by atoms with Gasteiger partial charge in [0.2, 0.25) is 5.95 Å². The number of nitrogens with zero attached hydrogens (tertiary/aromatic N) is 5. The first-order valence-electron chi connectivity index (χ1n) is 16.5. The van der Waals surface area contributed by atoms with Crippen molar-refractivity contribution in [3.8, 4) is 40.3 Å². The van der Waals surface area contributed by atoms with Crippen LogP contribution in [0.5, 0.6) is 23.0 Å². The molecule has 0 aliphatic heterocycles. The van der Waals surface area contributed by atoms with Crippen molar-refractivity contribution in [3.63, 3.8) is 0 Å². The van der Waals surface area contributed by atoms with Crippen LogP contribution >= 0.6 is 0 Å². The number of methoxy groups -OCH3 is 3. The number of nitriles is 1. The van der Waals surface area contributed by atoms with Gasteiger partial charge in [0.15, 0.2) is 17.2 Å². The minimum atomic E-state index is -4.68. The summed E-state index contributed by atoms with van der Waals surface area (Å²) in [5.41, 5.74) is 1.50. The van der Waals surface area contributed by atoms with Gasteiger partial charge in [-0.05, 0) is 93.3 Å². The first-order chi connectivity index (χ1) is 25.0. The van der Waals surface area contributed by atoms with Gasteiger partial charge in [-0.3, -0.25) is 4.79 Å². The number of hydrogen-bond donors (Lipinski definition) is 0. The Balaban J connectivity index is 1.77. The molecule has 0 saturated heterocycles. The van der Waals surface area contributed by atoms with Crippen molar-refractivity contribution in [2.45, 2.75) is 65.4 Å². The summed E-state index contributed by atoms with van der Waals surface area (Å²) in [7, 11) is 4.50. The van der Waals surface area contributed by atoms with Crippen molar-refractivity contribution in [2.24, 2.45) is 0 Å². The van der Waals surface area contributed by atoms with Crippen molar-refractivity contribution in [3.05, 3.63) is 89.4 Å². The fourth-order valence-electron chi connectivity index (χ4n) is 5.30. The molecule has 0 spiro atoms. The van der Waals surface area contributed by atoms with Gasteiger partial charge in [-0.25, -0.2) is 15.0 Å². The van der Waals surface area contributed by atoms with E-state index in [1.807, 2.05) is 13.0 Å². The van der Waals surface area contributed by atoms with Crippen LogP contribution in [0.4, 0.5) is 19.1 Å². The number of ether oxygens (including phenoxy) is 5. The Morgan fingerprint density at radius 1 is 0.925 bits per heavy atom. The first-order valence-corrected chi connectivity index (χ1v) is 16.5. The number of alkyl halides is 3. The third kappa shape index (κ3) is 10.8. The molecular weight excluding hydrogens is 691 g/mol. The van der Waals surface area contributed by atoms with Gasteiger partial charge in [0.1, 0.15) is 17.0 Å². The smallest absolute Gasteiger partial charge is 0.416 e. The molecule has 0 fully saturated rings. The van der Waals surface area contributed by atoms with Gasteiger partial charge in [-0.2, -0.15) is 18.4 Å². The molecule has 53 heavy (non-hydrogen) atoms. The Hall–Kier alpha value is -5.84. The highest BCUT2D eigenvalue weighted by Crippen LogP contribution is 2.40. The zero-order chi connectivity index (χ0) is 38.9. The predicted molar refractivity (Wildman–Crippen MR) is 193 cm³/mol. The average Bonchev–Trinajstić information content (AvgIpc) is 3.11. The zero-order valence-corrected chi connectivity index (χ0v) is 30.8. The maximum atomic E-state index is 13.9. The van der Waals surface area contributed by atoms with Crippen molar-refractivity contribution in [1.82, 2.24) is 15.0 Å². The summed E-state index contributed by atoms with van der Waals surface area (Å²) in [5.74, 6) is 1.38. The van der Waals surface area contributed by atoms with Crippen LogP contribution in [0.2, 0.25) is 0 Å². The van der Waals surface area contributed by atoms with E-state index in [-0.39, 0.29) is 49.2 Å². The minimum absolute atomic E-state index is 0.0338. The number of carbonyl (C=O) groups is 1. The maximum absolute atomic E-state index is 13.9. The molecule has 0 aliphatic rings. The van der Waals surface area contributed by atoms with Crippen LogP contribution in [0.1, 0.15) is 68.5 Å². The van der Waals surface area contributed by atoms with E-state index in [1.165, 1.54) is 39.8 Å². The van der Waals surface area contributed by atoms with Gasteiger partial charge >= 0.3 is 12.1 Å². The second-order valence-corrected chi connectivity index (χ2v) is 13.0. The number of halogens is 3. The molecule has 4 rings (SSSR count).